The second-order valence-corrected chi connectivity index (χ2v) is 9.38. The number of nitrogens with zero attached hydrogens (tertiary/aromatic N) is 3. The van der Waals surface area contributed by atoms with Crippen molar-refractivity contribution < 1.29 is 24.2 Å². The molecule has 0 saturated carbocycles. The quantitative estimate of drug-likeness (QED) is 0.688. The number of carbonyl (C=O) groups is 1. The number of morpholine rings is 1. The Balaban J connectivity index is 1.48. The molecule has 0 atom stereocenters. The third kappa shape index (κ3) is 4.69. The third-order valence-corrected chi connectivity index (χ3v) is 6.76. The maximum absolute atomic E-state index is 12.6. The topological polar surface area (TPSA) is 84.4 Å². The maximum atomic E-state index is 12.6. The van der Waals surface area contributed by atoms with E-state index in [-0.39, 0.29) is 11.5 Å². The lowest BCUT2D eigenvalue weighted by atomic mass is 9.87. The van der Waals surface area contributed by atoms with Gasteiger partial charge in [0.25, 0.3) is 11.7 Å². The van der Waals surface area contributed by atoms with Crippen molar-refractivity contribution >= 4 is 11.7 Å². The van der Waals surface area contributed by atoms with Gasteiger partial charge in [-0.2, -0.15) is 5.26 Å². The van der Waals surface area contributed by atoms with Crippen molar-refractivity contribution in [3.05, 3.63) is 22.4 Å². The summed E-state index contributed by atoms with van der Waals surface area (Å²) in [6.07, 6.45) is 1.63. The Hall–Kier alpha value is -2.21. The number of aromatic amines is 1. The first kappa shape index (κ1) is 22.0. The SMILES string of the molecule is CCc1[nH+]c(N2CC[NH+](CC(=O)N3CCOCC3)CC2)c(C#N)c2c1COC(C)(C)C2. The minimum Gasteiger partial charge on any atom is -0.378 e. The van der Waals surface area contributed by atoms with Gasteiger partial charge in [0.1, 0.15) is 43.5 Å². The molecule has 8 nitrogen and oxygen atoms in total. The molecule has 0 bridgehead atoms. The fourth-order valence-electron chi connectivity index (χ4n) is 4.89. The molecule has 1 aromatic heterocycles. The van der Waals surface area contributed by atoms with Gasteiger partial charge in [-0.25, -0.2) is 9.88 Å². The number of ether oxygens (including phenoxy) is 2. The van der Waals surface area contributed by atoms with E-state index in [2.05, 4.69) is 36.7 Å². The molecule has 8 heteroatoms. The Morgan fingerprint density at radius 2 is 1.90 bits per heavy atom. The Morgan fingerprint density at radius 3 is 2.55 bits per heavy atom. The summed E-state index contributed by atoms with van der Waals surface area (Å²) in [7, 11) is 0. The van der Waals surface area contributed by atoms with Crippen LogP contribution in [-0.2, 0) is 33.7 Å². The summed E-state index contributed by atoms with van der Waals surface area (Å²) in [6, 6.07) is 2.49. The number of pyridine rings is 1. The lowest BCUT2D eigenvalue weighted by Crippen LogP contribution is -3.16. The summed E-state index contributed by atoms with van der Waals surface area (Å²) in [5.41, 5.74) is 3.96. The van der Waals surface area contributed by atoms with Crippen LogP contribution in [0.4, 0.5) is 5.82 Å². The molecule has 3 aliphatic heterocycles. The normalized spacial score (nSPS) is 21.5. The number of nitriles is 1. The molecule has 2 fully saturated rings. The van der Waals surface area contributed by atoms with E-state index in [1.165, 1.54) is 4.90 Å². The van der Waals surface area contributed by atoms with Gasteiger partial charge in [-0.15, -0.1) is 0 Å². The van der Waals surface area contributed by atoms with Crippen LogP contribution in [0.2, 0.25) is 0 Å². The zero-order valence-electron chi connectivity index (χ0n) is 19.1. The van der Waals surface area contributed by atoms with E-state index < -0.39 is 0 Å². The molecule has 0 aliphatic carbocycles. The summed E-state index contributed by atoms with van der Waals surface area (Å²) >= 11 is 0. The van der Waals surface area contributed by atoms with E-state index in [0.29, 0.717) is 39.5 Å². The Kier molecular flexibility index (Phi) is 6.47. The van der Waals surface area contributed by atoms with Crippen LogP contribution >= 0.6 is 0 Å². The second kappa shape index (κ2) is 9.11. The molecule has 4 heterocycles. The highest BCUT2D eigenvalue weighted by Gasteiger charge is 2.37. The van der Waals surface area contributed by atoms with Crippen LogP contribution in [-0.4, -0.2) is 75.4 Å². The molecule has 1 aromatic rings. The molecule has 31 heavy (non-hydrogen) atoms. The molecule has 3 aliphatic rings. The number of carbonyl (C=O) groups excluding carboxylic acids is 1. The van der Waals surface area contributed by atoms with Crippen LogP contribution in [0.5, 0.6) is 0 Å². The standard InChI is InChI=1S/C23H33N5O3/c1-4-20-19-16-31-23(2,3)13-17(19)18(14-24)22(25-20)28-7-5-26(6-8-28)15-21(29)27-9-11-30-12-10-27/h4-13,15-16H2,1-3H3/p+2. The van der Waals surface area contributed by atoms with Crippen molar-refractivity contribution in [2.75, 3.05) is 63.9 Å². The minimum absolute atomic E-state index is 0.223. The number of anilines is 1. The highest BCUT2D eigenvalue weighted by atomic mass is 16.5. The van der Waals surface area contributed by atoms with Crippen molar-refractivity contribution in [3.63, 3.8) is 0 Å². The van der Waals surface area contributed by atoms with E-state index in [4.69, 9.17) is 9.47 Å². The number of quaternary nitrogens is 1. The summed E-state index contributed by atoms with van der Waals surface area (Å²) in [4.78, 5) is 21.7. The van der Waals surface area contributed by atoms with Crippen molar-refractivity contribution in [1.82, 2.24) is 4.90 Å². The lowest BCUT2D eigenvalue weighted by molar-refractivity contribution is -0.892. The number of piperazine rings is 1. The summed E-state index contributed by atoms with van der Waals surface area (Å²) < 4.78 is 11.4. The number of amides is 1. The van der Waals surface area contributed by atoms with E-state index in [9.17, 15) is 10.1 Å². The predicted molar refractivity (Wildman–Crippen MR) is 115 cm³/mol. The summed E-state index contributed by atoms with van der Waals surface area (Å²) in [6.45, 7) is 13.5. The predicted octanol–water partition coefficient (Wildman–Crippen LogP) is -0.650. The molecular weight excluding hydrogens is 394 g/mol. The maximum Gasteiger partial charge on any atom is 0.293 e. The average molecular weight is 430 g/mol. The largest absolute Gasteiger partial charge is 0.378 e. The van der Waals surface area contributed by atoms with E-state index in [1.54, 1.807) is 0 Å². The summed E-state index contributed by atoms with van der Waals surface area (Å²) in [5, 5.41) is 10.1. The third-order valence-electron chi connectivity index (χ3n) is 6.76. The molecule has 0 aromatic carbocycles. The van der Waals surface area contributed by atoms with Gasteiger partial charge in [0.2, 0.25) is 0 Å². The second-order valence-electron chi connectivity index (χ2n) is 9.38. The molecule has 168 valence electrons. The molecule has 4 rings (SSSR count). The van der Waals surface area contributed by atoms with Gasteiger partial charge < -0.3 is 19.3 Å². The smallest absolute Gasteiger partial charge is 0.293 e. The van der Waals surface area contributed by atoms with Gasteiger partial charge in [-0.1, -0.05) is 6.92 Å². The molecule has 2 saturated heterocycles. The Labute approximate surface area is 184 Å². The fraction of sp³-hybridized carbons (Fsp3) is 0.696. The molecule has 0 radical (unpaired) electrons. The highest BCUT2D eigenvalue weighted by molar-refractivity contribution is 5.77. The van der Waals surface area contributed by atoms with Crippen LogP contribution in [0.1, 0.15) is 43.2 Å². The van der Waals surface area contributed by atoms with Gasteiger partial charge in [-0.3, -0.25) is 4.79 Å². The first-order chi connectivity index (χ1) is 14.9. The van der Waals surface area contributed by atoms with Gasteiger partial charge in [-0.05, 0) is 19.4 Å². The number of aryl methyl sites for hydroxylation is 1. The number of hydrogen-bond donors (Lipinski definition) is 1. The molecule has 1 amide bonds. The van der Waals surface area contributed by atoms with Crippen LogP contribution in [0.3, 0.4) is 0 Å². The zero-order valence-corrected chi connectivity index (χ0v) is 19.1. The lowest BCUT2D eigenvalue weighted by Gasteiger charge is -2.34. The first-order valence-electron chi connectivity index (χ1n) is 11.5. The minimum atomic E-state index is -0.259. The van der Waals surface area contributed by atoms with E-state index in [0.717, 1.165) is 67.2 Å². The Bertz CT molecular complexity index is 865. The van der Waals surface area contributed by atoms with Gasteiger partial charge >= 0.3 is 0 Å². The summed E-state index contributed by atoms with van der Waals surface area (Å²) in [5.74, 6) is 1.16. The van der Waals surface area contributed by atoms with Crippen molar-refractivity contribution in [2.24, 2.45) is 0 Å². The van der Waals surface area contributed by atoms with E-state index in [1.807, 2.05) is 4.90 Å². The number of H-pyrrole nitrogens is 1. The monoisotopic (exact) mass is 429 g/mol. The highest BCUT2D eigenvalue weighted by Crippen LogP contribution is 2.33. The number of aromatic nitrogens is 1. The van der Waals surface area contributed by atoms with Crippen molar-refractivity contribution in [3.8, 4) is 6.07 Å². The first-order valence-corrected chi connectivity index (χ1v) is 11.5. The van der Waals surface area contributed by atoms with Crippen LogP contribution in [0.25, 0.3) is 0 Å². The zero-order chi connectivity index (χ0) is 22.0. The van der Waals surface area contributed by atoms with Crippen LogP contribution in [0, 0.1) is 11.3 Å². The average Bonchev–Trinajstić information content (AvgIpc) is 2.78. The molecule has 0 unspecified atom stereocenters. The van der Waals surface area contributed by atoms with Gasteiger partial charge in [0.05, 0.1) is 25.4 Å². The van der Waals surface area contributed by atoms with Gasteiger partial charge in [0, 0.05) is 31.5 Å². The van der Waals surface area contributed by atoms with Crippen molar-refractivity contribution in [2.45, 2.75) is 45.8 Å². The molecule has 2 N–H and O–H groups in total. The Morgan fingerprint density at radius 1 is 1.19 bits per heavy atom. The van der Waals surface area contributed by atoms with E-state index >= 15 is 0 Å². The van der Waals surface area contributed by atoms with Crippen molar-refractivity contribution in [1.29, 1.82) is 5.26 Å². The van der Waals surface area contributed by atoms with Crippen LogP contribution < -0.4 is 14.8 Å². The van der Waals surface area contributed by atoms with Crippen LogP contribution in [0.15, 0.2) is 0 Å². The number of nitrogens with one attached hydrogen (secondary N) is 2. The molecule has 0 spiro atoms. The molecular formula is C23H35N5O3+2. The number of rotatable bonds is 4. The fourth-order valence-corrected chi connectivity index (χ4v) is 4.89. The number of hydrogen-bond acceptors (Lipinski definition) is 5. The number of fused-ring (bicyclic) bond motifs is 1. The van der Waals surface area contributed by atoms with Gasteiger partial charge in [0.15, 0.2) is 6.54 Å².